The summed E-state index contributed by atoms with van der Waals surface area (Å²) in [5.74, 6) is 3.02. The molecule has 1 saturated heterocycles. The van der Waals surface area contributed by atoms with Gasteiger partial charge < -0.3 is 9.94 Å². The summed E-state index contributed by atoms with van der Waals surface area (Å²) in [6.07, 6.45) is 13.6. The van der Waals surface area contributed by atoms with Gasteiger partial charge in [-0.15, -0.1) is 0 Å². The van der Waals surface area contributed by atoms with Crippen molar-refractivity contribution in [2.75, 3.05) is 6.61 Å². The van der Waals surface area contributed by atoms with E-state index in [2.05, 4.69) is 53.6 Å². The number of ether oxygens (including phenoxy) is 1. The van der Waals surface area contributed by atoms with Crippen LogP contribution in [0.2, 0.25) is 0 Å². The molecule has 0 amide bonds. The third kappa shape index (κ3) is 2.54. The summed E-state index contributed by atoms with van der Waals surface area (Å²) < 4.78 is 6.71. The molecule has 0 radical (unpaired) electrons. The van der Waals surface area contributed by atoms with Crippen molar-refractivity contribution in [3.05, 3.63) is 0 Å². The molecule has 6 aliphatic rings. The Morgan fingerprint density at radius 2 is 1.52 bits per heavy atom. The molecule has 0 spiro atoms. The minimum absolute atomic E-state index is 0.0117. The average molecular weight is 456 g/mol. The first-order valence-electron chi connectivity index (χ1n) is 14.2. The van der Waals surface area contributed by atoms with E-state index in [4.69, 9.17) is 4.74 Å². The molecule has 33 heavy (non-hydrogen) atoms. The van der Waals surface area contributed by atoms with Crippen LogP contribution in [0, 0.1) is 56.2 Å². The van der Waals surface area contributed by atoms with Crippen molar-refractivity contribution in [1.29, 1.82) is 0 Å². The Balaban J connectivity index is 1.39. The van der Waals surface area contributed by atoms with Gasteiger partial charge in [-0.3, -0.25) is 0 Å². The molecule has 6 unspecified atom stereocenters. The Hall–Kier alpha value is -0.570. The van der Waals surface area contributed by atoms with Gasteiger partial charge in [-0.2, -0.15) is 0 Å². The van der Waals surface area contributed by atoms with Gasteiger partial charge in [-0.25, -0.2) is 0 Å². The van der Waals surface area contributed by atoms with E-state index < -0.39 is 0 Å². The Morgan fingerprint density at radius 3 is 2.24 bits per heavy atom. The number of hydrogen-bond acceptors (Lipinski definition) is 3. The predicted molar refractivity (Wildman–Crippen MR) is 133 cm³/mol. The van der Waals surface area contributed by atoms with Crippen LogP contribution in [0.1, 0.15) is 113 Å². The first-order chi connectivity index (χ1) is 15.4. The molecule has 0 aromatic rings. The fraction of sp³-hybridized carbons (Fsp3) is 0.967. The molecule has 0 aromatic carbocycles. The van der Waals surface area contributed by atoms with Crippen molar-refractivity contribution in [3.63, 3.8) is 0 Å². The van der Waals surface area contributed by atoms with Crippen molar-refractivity contribution in [2.24, 2.45) is 61.3 Å². The van der Waals surface area contributed by atoms with E-state index in [1.54, 1.807) is 0 Å². The second-order valence-electron chi connectivity index (χ2n) is 15.5. The molecular weight excluding hydrogens is 406 g/mol. The van der Waals surface area contributed by atoms with Crippen LogP contribution >= 0.6 is 0 Å². The lowest BCUT2D eigenvalue weighted by Gasteiger charge is -2.73. The van der Waals surface area contributed by atoms with E-state index >= 15 is 0 Å². The van der Waals surface area contributed by atoms with Gasteiger partial charge in [0.15, 0.2) is 0 Å². The molecule has 5 aliphatic carbocycles. The third-order valence-electron chi connectivity index (χ3n) is 14.0. The van der Waals surface area contributed by atoms with Gasteiger partial charge in [-0.05, 0) is 115 Å². The zero-order chi connectivity index (χ0) is 23.7. The summed E-state index contributed by atoms with van der Waals surface area (Å²) in [6.45, 7) is 18.8. The van der Waals surface area contributed by atoms with Crippen LogP contribution in [-0.2, 0) is 4.74 Å². The minimum atomic E-state index is 0.0117. The fourth-order valence-corrected chi connectivity index (χ4v) is 12.0. The molecule has 2 bridgehead atoms. The van der Waals surface area contributed by atoms with Crippen LogP contribution in [0.4, 0.5) is 0 Å². The number of rotatable bonds is 0. The molecule has 3 heteroatoms. The first-order valence-corrected chi connectivity index (χ1v) is 14.2. The van der Waals surface area contributed by atoms with Crippen LogP contribution < -0.4 is 0 Å². The van der Waals surface area contributed by atoms with E-state index in [1.165, 1.54) is 57.8 Å². The van der Waals surface area contributed by atoms with Gasteiger partial charge >= 0.3 is 0 Å². The molecule has 1 aliphatic heterocycles. The lowest BCUT2D eigenvalue weighted by atomic mass is 9.31. The summed E-state index contributed by atoms with van der Waals surface area (Å²) in [5.41, 5.74) is 3.06. The maximum absolute atomic E-state index is 9.76. The monoisotopic (exact) mass is 455 g/mol. The molecule has 186 valence electrons. The molecule has 6 rings (SSSR count). The summed E-state index contributed by atoms with van der Waals surface area (Å²) in [6, 6.07) is 0. The lowest BCUT2D eigenvalue weighted by molar-refractivity contribution is -0.235. The number of hydrogen-bond donors (Lipinski definition) is 1. The SMILES string of the molecule is CC1(C)CCC23CC[C@]4(C)C(CCC5[C@@]6(C)CC/C(=N\O)C(C)(C)C6CC[C@]54C)C2C1OC3. The molecule has 1 N–H and O–H groups in total. The molecule has 3 nitrogen and oxygen atoms in total. The molecule has 0 aromatic heterocycles. The summed E-state index contributed by atoms with van der Waals surface area (Å²) in [4.78, 5) is 0. The summed E-state index contributed by atoms with van der Waals surface area (Å²) in [5, 5.41) is 13.6. The lowest BCUT2D eigenvalue weighted by Crippen LogP contribution is -2.67. The number of oxime groups is 1. The van der Waals surface area contributed by atoms with Crippen LogP contribution in [0.5, 0.6) is 0 Å². The quantitative estimate of drug-likeness (QED) is 0.300. The van der Waals surface area contributed by atoms with E-state index in [9.17, 15) is 5.21 Å². The highest BCUT2D eigenvalue weighted by atomic mass is 16.5. The Morgan fingerprint density at radius 1 is 0.788 bits per heavy atom. The molecule has 6 fully saturated rings. The average Bonchev–Trinajstić information content (AvgIpc) is 3.07. The normalized spacial score (nSPS) is 57.5. The Kier molecular flexibility index (Phi) is 4.57. The third-order valence-corrected chi connectivity index (χ3v) is 14.0. The first kappa shape index (κ1) is 22.9. The van der Waals surface area contributed by atoms with Crippen molar-refractivity contribution in [3.8, 4) is 0 Å². The largest absolute Gasteiger partial charge is 0.411 e. The highest BCUT2D eigenvalue weighted by Crippen LogP contribution is 2.77. The number of nitrogens with zero attached hydrogens (tertiary/aromatic N) is 1. The molecule has 9 atom stereocenters. The maximum atomic E-state index is 9.76. The maximum Gasteiger partial charge on any atom is 0.0663 e. The van der Waals surface area contributed by atoms with Crippen LogP contribution in [0.3, 0.4) is 0 Å². The van der Waals surface area contributed by atoms with Crippen molar-refractivity contribution in [2.45, 2.75) is 119 Å². The van der Waals surface area contributed by atoms with Gasteiger partial charge in [0.05, 0.1) is 18.4 Å². The van der Waals surface area contributed by atoms with Gasteiger partial charge in [0.25, 0.3) is 0 Å². The van der Waals surface area contributed by atoms with E-state index in [1.807, 2.05) is 0 Å². The van der Waals surface area contributed by atoms with Crippen molar-refractivity contribution in [1.82, 2.24) is 0 Å². The van der Waals surface area contributed by atoms with E-state index in [-0.39, 0.29) is 5.41 Å². The van der Waals surface area contributed by atoms with Gasteiger partial charge in [0, 0.05) is 5.41 Å². The van der Waals surface area contributed by atoms with Crippen molar-refractivity contribution < 1.29 is 9.94 Å². The topological polar surface area (TPSA) is 41.8 Å². The van der Waals surface area contributed by atoms with E-state index in [0.717, 1.165) is 36.5 Å². The van der Waals surface area contributed by atoms with Gasteiger partial charge in [-0.1, -0.05) is 53.6 Å². The van der Waals surface area contributed by atoms with E-state index in [0.29, 0.717) is 39.1 Å². The van der Waals surface area contributed by atoms with Crippen LogP contribution in [0.15, 0.2) is 5.16 Å². The predicted octanol–water partition coefficient (Wildman–Crippen LogP) is 7.71. The Bertz CT molecular complexity index is 877. The molecular formula is C30H49NO2. The number of fused-ring (bicyclic) bond motifs is 5. The van der Waals surface area contributed by atoms with Crippen LogP contribution in [0.25, 0.3) is 0 Å². The Labute approximate surface area is 202 Å². The molecule has 5 saturated carbocycles. The molecule has 1 heterocycles. The minimum Gasteiger partial charge on any atom is -0.411 e. The second-order valence-corrected chi connectivity index (χ2v) is 15.5. The second kappa shape index (κ2) is 6.60. The highest BCUT2D eigenvalue weighted by molar-refractivity contribution is 5.90. The standard InChI is InChI=1S/C30H49NO2/c1-25(2)14-16-30-17-15-28(6)19(23(30)24(25)33-18-30)8-9-21-27(5)12-11-22(31-32)26(3,4)20(27)10-13-29(21,28)7/h19-21,23-24,32H,8-18H2,1-7H3/b31-22+/t19?,20?,21?,23?,24?,27-,28+,29+,30?/m0/s1. The van der Waals surface area contributed by atoms with Crippen LogP contribution in [-0.4, -0.2) is 23.6 Å². The van der Waals surface area contributed by atoms with Crippen molar-refractivity contribution >= 4 is 5.71 Å². The summed E-state index contributed by atoms with van der Waals surface area (Å²) >= 11 is 0. The van der Waals surface area contributed by atoms with Gasteiger partial charge in [0.2, 0.25) is 0 Å². The zero-order valence-electron chi connectivity index (χ0n) is 22.5. The highest BCUT2D eigenvalue weighted by Gasteiger charge is 2.72. The summed E-state index contributed by atoms with van der Waals surface area (Å²) in [7, 11) is 0. The smallest absolute Gasteiger partial charge is 0.0663 e. The zero-order valence-corrected chi connectivity index (χ0v) is 22.5. The fourth-order valence-electron chi connectivity index (χ4n) is 12.0. The van der Waals surface area contributed by atoms with Gasteiger partial charge in [0.1, 0.15) is 0 Å².